The van der Waals surface area contributed by atoms with Gasteiger partial charge in [0.2, 0.25) is 0 Å². The van der Waals surface area contributed by atoms with E-state index in [1.54, 1.807) is 27.7 Å². The van der Waals surface area contributed by atoms with E-state index in [-0.39, 0.29) is 29.4 Å². The molecule has 3 rings (SSSR count). The third-order valence-corrected chi connectivity index (χ3v) is 6.30. The zero-order chi connectivity index (χ0) is 16.9. The molecule has 0 spiro atoms. The molecular weight excluding hydrogens is 364 g/mol. The molecule has 0 saturated carbocycles. The zero-order valence-electron chi connectivity index (χ0n) is 13.0. The first kappa shape index (κ1) is 17.2. The molecule has 0 fully saturated rings. The molecule has 1 aliphatic heterocycles. The molecule has 0 N–H and O–H groups in total. The number of amides is 1. The van der Waals surface area contributed by atoms with E-state index >= 15 is 0 Å². The minimum absolute atomic E-state index is 0.0617. The third kappa shape index (κ3) is 3.88. The van der Waals surface area contributed by atoms with Crippen molar-refractivity contribution in [2.75, 3.05) is 18.6 Å². The monoisotopic (exact) mass is 380 g/mol. The largest absolute Gasteiger partial charge is 0.468 e. The maximum Gasteiger partial charge on any atom is 0.315 e. The van der Waals surface area contributed by atoms with Gasteiger partial charge in [-0.15, -0.1) is 34.4 Å². The van der Waals surface area contributed by atoms with Crippen LogP contribution in [0.15, 0.2) is 40.1 Å². The molecule has 5 nitrogen and oxygen atoms in total. The topological polar surface area (TPSA) is 59.0 Å². The van der Waals surface area contributed by atoms with Gasteiger partial charge in [-0.2, -0.15) is 5.10 Å². The van der Waals surface area contributed by atoms with Crippen molar-refractivity contribution < 1.29 is 14.3 Å². The average molecular weight is 381 g/mol. The summed E-state index contributed by atoms with van der Waals surface area (Å²) in [5.74, 6) is -0.0416. The van der Waals surface area contributed by atoms with Crippen LogP contribution in [0.4, 0.5) is 0 Å². The zero-order valence-corrected chi connectivity index (χ0v) is 15.5. The van der Waals surface area contributed by atoms with Crippen molar-refractivity contribution in [2.45, 2.75) is 12.5 Å². The van der Waals surface area contributed by atoms with E-state index in [0.717, 1.165) is 15.5 Å². The van der Waals surface area contributed by atoms with Gasteiger partial charge in [-0.05, 0) is 22.9 Å². The molecule has 24 heavy (non-hydrogen) atoms. The van der Waals surface area contributed by atoms with Crippen LogP contribution in [-0.2, 0) is 14.3 Å². The quantitative estimate of drug-likeness (QED) is 0.721. The number of hydrazone groups is 1. The number of thiophene rings is 2. The second kappa shape index (κ2) is 7.96. The van der Waals surface area contributed by atoms with Gasteiger partial charge in [0.05, 0.1) is 35.2 Å². The van der Waals surface area contributed by atoms with E-state index in [0.29, 0.717) is 6.42 Å². The van der Waals surface area contributed by atoms with E-state index in [1.165, 1.54) is 18.9 Å². The molecular formula is C16H16N2O3S3. The van der Waals surface area contributed by atoms with Crippen molar-refractivity contribution in [2.24, 2.45) is 5.10 Å². The molecule has 0 saturated heterocycles. The van der Waals surface area contributed by atoms with E-state index in [2.05, 4.69) is 9.84 Å². The smallest absolute Gasteiger partial charge is 0.315 e. The number of carbonyl (C=O) groups is 2. The van der Waals surface area contributed by atoms with Gasteiger partial charge in [-0.1, -0.05) is 12.1 Å². The molecule has 126 valence electrons. The van der Waals surface area contributed by atoms with Crippen molar-refractivity contribution in [3.05, 3.63) is 44.8 Å². The molecule has 8 heteroatoms. The molecule has 3 heterocycles. The summed E-state index contributed by atoms with van der Waals surface area (Å²) in [6.45, 7) is 0. The highest BCUT2D eigenvalue weighted by molar-refractivity contribution is 8.00. The Kier molecular flexibility index (Phi) is 5.70. The number of rotatable bonds is 6. The Balaban J connectivity index is 1.73. The van der Waals surface area contributed by atoms with Gasteiger partial charge in [0.1, 0.15) is 0 Å². The first-order valence-electron chi connectivity index (χ1n) is 7.30. The summed E-state index contributed by atoms with van der Waals surface area (Å²) < 4.78 is 4.59. The minimum atomic E-state index is -0.327. The second-order valence-electron chi connectivity index (χ2n) is 5.07. The summed E-state index contributed by atoms with van der Waals surface area (Å²) in [4.78, 5) is 26.0. The van der Waals surface area contributed by atoms with Crippen molar-refractivity contribution in [3.63, 3.8) is 0 Å². The Labute approximate surface area is 152 Å². The first-order chi connectivity index (χ1) is 11.7. The molecule has 0 radical (unpaired) electrons. The van der Waals surface area contributed by atoms with Gasteiger partial charge in [-0.25, -0.2) is 5.01 Å². The van der Waals surface area contributed by atoms with Crippen LogP contribution in [0.3, 0.4) is 0 Å². The predicted octanol–water partition coefficient (Wildman–Crippen LogP) is 3.39. The minimum Gasteiger partial charge on any atom is -0.468 e. The number of hydrogen-bond acceptors (Lipinski definition) is 7. The summed E-state index contributed by atoms with van der Waals surface area (Å²) in [5, 5.41) is 10.2. The first-order valence-corrected chi connectivity index (χ1v) is 10.2. The Hall–Kier alpha value is -1.64. The lowest BCUT2D eigenvalue weighted by Gasteiger charge is -2.20. The molecule has 1 atom stereocenters. The van der Waals surface area contributed by atoms with Crippen LogP contribution in [0, 0.1) is 0 Å². The molecule has 0 aliphatic carbocycles. The second-order valence-corrected chi connectivity index (χ2v) is 7.98. The molecule has 2 aromatic rings. The van der Waals surface area contributed by atoms with Gasteiger partial charge < -0.3 is 4.74 Å². The fourth-order valence-corrected chi connectivity index (χ4v) is 4.61. The third-order valence-electron chi connectivity index (χ3n) is 3.52. The molecule has 0 aromatic carbocycles. The number of ether oxygens (including phenoxy) is 1. The van der Waals surface area contributed by atoms with Gasteiger partial charge in [0.15, 0.2) is 0 Å². The summed E-state index contributed by atoms with van der Waals surface area (Å²) in [7, 11) is 1.34. The van der Waals surface area contributed by atoms with Crippen LogP contribution in [0.25, 0.3) is 0 Å². The molecule has 0 unspecified atom stereocenters. The number of nitrogens with zero attached hydrogens (tertiary/aromatic N) is 2. The number of carbonyl (C=O) groups excluding carboxylic acids is 2. The van der Waals surface area contributed by atoms with Crippen LogP contribution >= 0.6 is 34.4 Å². The lowest BCUT2D eigenvalue weighted by Crippen LogP contribution is -2.28. The van der Waals surface area contributed by atoms with Gasteiger partial charge in [0, 0.05) is 11.3 Å². The highest BCUT2D eigenvalue weighted by Gasteiger charge is 2.33. The lowest BCUT2D eigenvalue weighted by atomic mass is 10.1. The van der Waals surface area contributed by atoms with Gasteiger partial charge >= 0.3 is 5.97 Å². The summed E-state index contributed by atoms with van der Waals surface area (Å²) in [5.41, 5.74) is 0.940. The van der Waals surface area contributed by atoms with Gasteiger partial charge in [-0.3, -0.25) is 9.59 Å². The number of methoxy groups -OCH3 is 1. The van der Waals surface area contributed by atoms with Gasteiger partial charge in [0.25, 0.3) is 5.91 Å². The SMILES string of the molecule is COC(=O)CSCC(=O)N1N=C(c2cccs2)C[C@@H]1c1cccs1. The maximum absolute atomic E-state index is 12.6. The molecule has 1 amide bonds. The van der Waals surface area contributed by atoms with Crippen LogP contribution in [0.1, 0.15) is 22.2 Å². The Bertz CT molecular complexity index is 726. The Morgan fingerprint density at radius 1 is 1.29 bits per heavy atom. The van der Waals surface area contributed by atoms with E-state index in [4.69, 9.17) is 0 Å². The van der Waals surface area contributed by atoms with E-state index < -0.39 is 0 Å². The van der Waals surface area contributed by atoms with Crippen molar-refractivity contribution in [3.8, 4) is 0 Å². The highest BCUT2D eigenvalue weighted by Crippen LogP contribution is 2.36. The van der Waals surface area contributed by atoms with E-state index in [1.807, 2.05) is 35.0 Å². The highest BCUT2D eigenvalue weighted by atomic mass is 32.2. The van der Waals surface area contributed by atoms with Crippen molar-refractivity contribution >= 4 is 52.0 Å². The summed E-state index contributed by atoms with van der Waals surface area (Å²) >= 11 is 4.50. The van der Waals surface area contributed by atoms with Crippen molar-refractivity contribution in [1.29, 1.82) is 0 Å². The average Bonchev–Trinajstić information content (AvgIpc) is 3.33. The summed E-state index contributed by atoms with van der Waals surface area (Å²) in [6, 6.07) is 7.96. The van der Waals surface area contributed by atoms with Crippen molar-refractivity contribution in [1.82, 2.24) is 5.01 Å². The number of hydrogen-bond donors (Lipinski definition) is 0. The Morgan fingerprint density at radius 2 is 2.08 bits per heavy atom. The Morgan fingerprint density at radius 3 is 2.75 bits per heavy atom. The summed E-state index contributed by atoms with van der Waals surface area (Å²) in [6.07, 6.45) is 0.717. The maximum atomic E-state index is 12.6. The lowest BCUT2D eigenvalue weighted by molar-refractivity contribution is -0.137. The van der Waals surface area contributed by atoms with Crippen LogP contribution in [0.5, 0.6) is 0 Å². The predicted molar refractivity (Wildman–Crippen MR) is 98.7 cm³/mol. The molecule has 1 aliphatic rings. The van der Waals surface area contributed by atoms with E-state index in [9.17, 15) is 9.59 Å². The molecule has 2 aromatic heterocycles. The fourth-order valence-electron chi connectivity index (χ4n) is 2.38. The fraction of sp³-hybridized carbons (Fsp3) is 0.312. The van der Waals surface area contributed by atoms with Crippen LogP contribution < -0.4 is 0 Å². The standard InChI is InChI=1S/C16H16N2O3S3/c1-21-16(20)10-22-9-15(19)18-12(14-5-3-7-24-14)8-11(17-18)13-4-2-6-23-13/h2-7,12H,8-10H2,1H3/t12-/m1/s1. The van der Waals surface area contributed by atoms with Crippen LogP contribution in [0.2, 0.25) is 0 Å². The molecule has 0 bridgehead atoms. The van der Waals surface area contributed by atoms with Crippen LogP contribution in [-0.4, -0.2) is 41.2 Å². The normalized spacial score (nSPS) is 17.0. The number of esters is 1. The number of thioether (sulfide) groups is 1.